The van der Waals surface area contributed by atoms with Gasteiger partial charge in [-0.3, -0.25) is 9.80 Å². The third kappa shape index (κ3) is 2.35. The van der Waals surface area contributed by atoms with Gasteiger partial charge < -0.3 is 5.73 Å². The lowest BCUT2D eigenvalue weighted by molar-refractivity contribution is 0.0678. The smallest absolute Gasteiger partial charge is 0.0224 e. The van der Waals surface area contributed by atoms with Crippen LogP contribution in [0.5, 0.6) is 0 Å². The summed E-state index contributed by atoms with van der Waals surface area (Å²) in [5.41, 5.74) is 6.13. The average molecular weight is 211 g/mol. The van der Waals surface area contributed by atoms with Crippen molar-refractivity contribution in [2.45, 2.75) is 51.2 Å². The molecule has 0 amide bonds. The lowest BCUT2D eigenvalue weighted by atomic mass is 10.0. The Kier molecular flexibility index (Phi) is 3.65. The molecule has 2 rings (SSSR count). The van der Waals surface area contributed by atoms with Gasteiger partial charge in [0.1, 0.15) is 0 Å². The molecule has 3 heteroatoms. The maximum absolute atomic E-state index is 6.13. The molecule has 0 saturated carbocycles. The van der Waals surface area contributed by atoms with E-state index in [2.05, 4.69) is 23.6 Å². The fourth-order valence-corrected chi connectivity index (χ4v) is 3.00. The number of fused-ring (bicyclic) bond motifs is 1. The Morgan fingerprint density at radius 2 is 2.13 bits per heavy atom. The third-order valence-corrected chi connectivity index (χ3v) is 4.29. The van der Waals surface area contributed by atoms with Gasteiger partial charge in [0, 0.05) is 37.8 Å². The minimum absolute atomic E-state index is 0.345. The Morgan fingerprint density at radius 3 is 2.87 bits per heavy atom. The second-order valence-electron chi connectivity index (χ2n) is 5.14. The van der Waals surface area contributed by atoms with Gasteiger partial charge >= 0.3 is 0 Å². The first-order valence-corrected chi connectivity index (χ1v) is 6.46. The van der Waals surface area contributed by atoms with Gasteiger partial charge in [-0.1, -0.05) is 6.92 Å². The van der Waals surface area contributed by atoms with Crippen LogP contribution in [0.25, 0.3) is 0 Å². The van der Waals surface area contributed by atoms with Gasteiger partial charge in [0.05, 0.1) is 0 Å². The van der Waals surface area contributed by atoms with Gasteiger partial charge in [0.25, 0.3) is 0 Å². The van der Waals surface area contributed by atoms with Crippen LogP contribution >= 0.6 is 0 Å². The zero-order valence-corrected chi connectivity index (χ0v) is 10.2. The van der Waals surface area contributed by atoms with Crippen LogP contribution in [0.2, 0.25) is 0 Å². The molecule has 0 aliphatic carbocycles. The molecule has 2 fully saturated rings. The predicted molar refractivity (Wildman–Crippen MR) is 63.9 cm³/mol. The molecular formula is C12H25N3. The molecule has 0 aromatic carbocycles. The van der Waals surface area contributed by atoms with E-state index >= 15 is 0 Å². The van der Waals surface area contributed by atoms with E-state index < -0.39 is 0 Å². The molecule has 0 bridgehead atoms. The van der Waals surface area contributed by atoms with Crippen molar-refractivity contribution in [1.29, 1.82) is 0 Å². The number of piperazine rings is 1. The van der Waals surface area contributed by atoms with Crippen molar-refractivity contribution in [1.82, 2.24) is 9.80 Å². The summed E-state index contributed by atoms with van der Waals surface area (Å²) in [6.07, 6.45) is 3.88. The average Bonchev–Trinajstić information content (AvgIpc) is 2.73. The van der Waals surface area contributed by atoms with Crippen LogP contribution in [-0.2, 0) is 0 Å². The molecular weight excluding hydrogens is 186 g/mol. The van der Waals surface area contributed by atoms with E-state index in [0.29, 0.717) is 12.1 Å². The van der Waals surface area contributed by atoms with E-state index in [1.54, 1.807) is 0 Å². The Balaban J connectivity index is 1.89. The summed E-state index contributed by atoms with van der Waals surface area (Å²) in [6, 6.07) is 1.72. The number of rotatable bonds is 3. The second-order valence-corrected chi connectivity index (χ2v) is 5.14. The van der Waals surface area contributed by atoms with Gasteiger partial charge in [-0.2, -0.15) is 0 Å². The highest BCUT2D eigenvalue weighted by Crippen LogP contribution is 2.23. The quantitative estimate of drug-likeness (QED) is 0.752. The Labute approximate surface area is 93.6 Å². The molecule has 3 nitrogen and oxygen atoms in total. The molecule has 2 aliphatic heterocycles. The maximum atomic E-state index is 6.13. The predicted octanol–water partition coefficient (Wildman–Crippen LogP) is 0.892. The molecule has 2 heterocycles. The zero-order chi connectivity index (χ0) is 10.8. The van der Waals surface area contributed by atoms with Crippen molar-refractivity contribution in [3.8, 4) is 0 Å². The summed E-state index contributed by atoms with van der Waals surface area (Å²) >= 11 is 0. The summed E-state index contributed by atoms with van der Waals surface area (Å²) in [4.78, 5) is 5.25. The molecule has 88 valence electrons. The Morgan fingerprint density at radius 1 is 1.33 bits per heavy atom. The first kappa shape index (κ1) is 11.4. The van der Waals surface area contributed by atoms with Crippen molar-refractivity contribution < 1.29 is 0 Å². The fraction of sp³-hybridized carbons (Fsp3) is 1.00. The Hall–Kier alpha value is -0.120. The molecule has 3 atom stereocenters. The highest BCUT2D eigenvalue weighted by Gasteiger charge is 2.33. The van der Waals surface area contributed by atoms with Crippen LogP contribution in [0.3, 0.4) is 0 Å². The summed E-state index contributed by atoms with van der Waals surface area (Å²) in [7, 11) is 0. The topological polar surface area (TPSA) is 32.5 Å². The molecule has 15 heavy (non-hydrogen) atoms. The fourth-order valence-electron chi connectivity index (χ4n) is 3.00. The van der Waals surface area contributed by atoms with Crippen LogP contribution in [0, 0.1) is 0 Å². The standard InChI is InChI=1S/C12H25N3/c1-3-12(13)10(2)15-8-7-14-6-4-5-11(14)9-15/h10-12H,3-9,13H2,1-2H3. The minimum atomic E-state index is 0.345. The van der Waals surface area contributed by atoms with Crippen LogP contribution in [0.1, 0.15) is 33.1 Å². The second kappa shape index (κ2) is 4.81. The van der Waals surface area contributed by atoms with Crippen molar-refractivity contribution in [2.75, 3.05) is 26.2 Å². The van der Waals surface area contributed by atoms with Gasteiger partial charge in [-0.15, -0.1) is 0 Å². The van der Waals surface area contributed by atoms with Crippen LogP contribution < -0.4 is 5.73 Å². The molecule has 3 unspecified atom stereocenters. The van der Waals surface area contributed by atoms with Crippen LogP contribution in [0.4, 0.5) is 0 Å². The molecule has 2 saturated heterocycles. The van der Waals surface area contributed by atoms with Crippen molar-refractivity contribution in [3.05, 3.63) is 0 Å². The normalized spacial score (nSPS) is 32.6. The van der Waals surface area contributed by atoms with Crippen molar-refractivity contribution >= 4 is 0 Å². The van der Waals surface area contributed by atoms with E-state index in [0.717, 1.165) is 12.5 Å². The number of nitrogens with zero attached hydrogens (tertiary/aromatic N) is 2. The van der Waals surface area contributed by atoms with Crippen molar-refractivity contribution in [3.63, 3.8) is 0 Å². The molecule has 2 aliphatic rings. The van der Waals surface area contributed by atoms with E-state index in [1.165, 1.54) is 39.0 Å². The summed E-state index contributed by atoms with van der Waals surface area (Å²) in [5.74, 6) is 0. The molecule has 2 N–H and O–H groups in total. The number of hydrogen-bond acceptors (Lipinski definition) is 3. The van der Waals surface area contributed by atoms with Gasteiger partial charge in [0.15, 0.2) is 0 Å². The largest absolute Gasteiger partial charge is 0.326 e. The van der Waals surface area contributed by atoms with Gasteiger partial charge in [-0.25, -0.2) is 0 Å². The summed E-state index contributed by atoms with van der Waals surface area (Å²) in [5, 5.41) is 0. The first-order valence-electron chi connectivity index (χ1n) is 6.46. The van der Waals surface area contributed by atoms with E-state index in [9.17, 15) is 0 Å². The van der Waals surface area contributed by atoms with Crippen LogP contribution in [-0.4, -0.2) is 54.1 Å². The van der Waals surface area contributed by atoms with E-state index in [4.69, 9.17) is 5.73 Å². The maximum Gasteiger partial charge on any atom is 0.0224 e. The third-order valence-electron chi connectivity index (χ3n) is 4.29. The van der Waals surface area contributed by atoms with E-state index in [-0.39, 0.29) is 0 Å². The first-order chi connectivity index (χ1) is 7.22. The van der Waals surface area contributed by atoms with Crippen molar-refractivity contribution in [2.24, 2.45) is 5.73 Å². The number of nitrogens with two attached hydrogens (primary N) is 1. The monoisotopic (exact) mass is 211 g/mol. The molecule has 0 aromatic heterocycles. The molecule has 0 radical (unpaired) electrons. The summed E-state index contributed by atoms with van der Waals surface area (Å²) < 4.78 is 0. The SMILES string of the molecule is CCC(N)C(C)N1CCN2CCCC2C1. The summed E-state index contributed by atoms with van der Waals surface area (Å²) in [6.45, 7) is 9.52. The van der Waals surface area contributed by atoms with E-state index in [1.807, 2.05) is 0 Å². The lowest BCUT2D eigenvalue weighted by Crippen LogP contribution is -2.56. The lowest BCUT2D eigenvalue weighted by Gasteiger charge is -2.42. The van der Waals surface area contributed by atoms with Crippen LogP contribution in [0.15, 0.2) is 0 Å². The Bertz CT molecular complexity index is 207. The molecule has 0 spiro atoms. The highest BCUT2D eigenvalue weighted by atomic mass is 15.3. The van der Waals surface area contributed by atoms with Gasteiger partial charge in [-0.05, 0) is 32.7 Å². The highest BCUT2D eigenvalue weighted by molar-refractivity contribution is 4.90. The number of hydrogen-bond donors (Lipinski definition) is 1. The zero-order valence-electron chi connectivity index (χ0n) is 10.2. The minimum Gasteiger partial charge on any atom is -0.326 e. The van der Waals surface area contributed by atoms with Gasteiger partial charge in [0.2, 0.25) is 0 Å². The molecule has 0 aromatic rings.